The molecule has 0 amide bonds. The number of halogens is 2. The predicted octanol–water partition coefficient (Wildman–Crippen LogP) is 3.13. The van der Waals surface area contributed by atoms with Gasteiger partial charge in [-0.2, -0.15) is 0 Å². The zero-order valence-electron chi connectivity index (χ0n) is 11.5. The summed E-state index contributed by atoms with van der Waals surface area (Å²) in [6.07, 6.45) is 2.35. The van der Waals surface area contributed by atoms with Gasteiger partial charge in [0.2, 0.25) is 0 Å². The molecule has 1 N–H and O–H groups in total. The largest absolute Gasteiger partial charge is 0.371 e. The molecule has 0 unspecified atom stereocenters. The van der Waals surface area contributed by atoms with E-state index in [1.165, 1.54) is 6.07 Å². The van der Waals surface area contributed by atoms with Crippen LogP contribution >= 0.6 is 11.6 Å². The number of morpholine rings is 1. The van der Waals surface area contributed by atoms with Gasteiger partial charge in [0, 0.05) is 19.3 Å². The molecule has 3 nitrogen and oxygen atoms in total. The van der Waals surface area contributed by atoms with Crippen LogP contribution in [0.3, 0.4) is 0 Å². The number of aromatic nitrogens is 1. The predicted molar refractivity (Wildman–Crippen MR) is 80.0 cm³/mol. The average Bonchev–Trinajstić information content (AvgIpc) is 2.53. The molecule has 1 aliphatic heterocycles. The third-order valence-corrected chi connectivity index (χ3v) is 3.82. The van der Waals surface area contributed by atoms with E-state index in [4.69, 9.17) is 16.3 Å². The van der Waals surface area contributed by atoms with Gasteiger partial charge in [-0.1, -0.05) is 35.9 Å². The van der Waals surface area contributed by atoms with Crippen LogP contribution in [-0.2, 0) is 11.2 Å². The number of hydrogen-bond donors (Lipinski definition) is 1. The molecule has 0 saturated carbocycles. The lowest BCUT2D eigenvalue weighted by molar-refractivity contribution is 0.0277. The highest BCUT2D eigenvalue weighted by Gasteiger charge is 2.15. The van der Waals surface area contributed by atoms with Crippen LogP contribution in [0, 0.1) is 5.82 Å². The normalized spacial score (nSPS) is 18.7. The number of pyridine rings is 1. The minimum atomic E-state index is -0.479. The van der Waals surface area contributed by atoms with Crippen LogP contribution in [0.1, 0.15) is 22.8 Å². The van der Waals surface area contributed by atoms with Gasteiger partial charge in [0.15, 0.2) is 11.0 Å². The molecule has 1 aliphatic rings. The summed E-state index contributed by atoms with van der Waals surface area (Å²) in [6.45, 7) is 2.48. The first-order chi connectivity index (χ1) is 10.2. The second-order valence-corrected chi connectivity index (χ2v) is 5.46. The highest BCUT2D eigenvalue weighted by molar-refractivity contribution is 6.29. The lowest BCUT2D eigenvalue weighted by atomic mass is 10.0. The van der Waals surface area contributed by atoms with E-state index >= 15 is 0 Å². The zero-order valence-corrected chi connectivity index (χ0v) is 12.2. The van der Waals surface area contributed by atoms with Crippen molar-refractivity contribution >= 4 is 11.6 Å². The van der Waals surface area contributed by atoms with Crippen molar-refractivity contribution in [3.05, 3.63) is 64.2 Å². The summed E-state index contributed by atoms with van der Waals surface area (Å²) in [5.74, 6) is -0.479. The summed E-state index contributed by atoms with van der Waals surface area (Å²) in [4.78, 5) is 3.83. The van der Waals surface area contributed by atoms with Crippen molar-refractivity contribution in [2.75, 3.05) is 19.7 Å². The number of nitrogens with zero attached hydrogens (tertiary/aromatic N) is 1. The van der Waals surface area contributed by atoms with Crippen LogP contribution in [0.15, 0.2) is 36.5 Å². The minimum Gasteiger partial charge on any atom is -0.371 e. The molecule has 0 spiro atoms. The SMILES string of the molecule is Fc1cc(Cc2ccc([C@H]3CNCCO3)cc2)cnc1Cl. The van der Waals surface area contributed by atoms with E-state index in [0.717, 1.165) is 36.4 Å². The van der Waals surface area contributed by atoms with E-state index in [-0.39, 0.29) is 11.3 Å². The molecule has 1 aromatic heterocycles. The number of rotatable bonds is 3. The van der Waals surface area contributed by atoms with Crippen LogP contribution in [0.5, 0.6) is 0 Å². The van der Waals surface area contributed by atoms with Gasteiger partial charge in [0.25, 0.3) is 0 Å². The van der Waals surface area contributed by atoms with Crippen molar-refractivity contribution < 1.29 is 9.13 Å². The fourth-order valence-corrected chi connectivity index (χ4v) is 2.53. The summed E-state index contributed by atoms with van der Waals surface area (Å²) < 4.78 is 19.1. The molecule has 0 aliphatic carbocycles. The Kier molecular flexibility index (Phi) is 4.48. The minimum absolute atomic E-state index is 0.0870. The van der Waals surface area contributed by atoms with Gasteiger partial charge in [0.1, 0.15) is 0 Å². The smallest absolute Gasteiger partial charge is 0.164 e. The highest BCUT2D eigenvalue weighted by Crippen LogP contribution is 2.20. The molecule has 110 valence electrons. The molecule has 0 radical (unpaired) electrons. The summed E-state index contributed by atoms with van der Waals surface area (Å²) >= 11 is 5.58. The molecule has 2 heterocycles. The topological polar surface area (TPSA) is 34.1 Å². The maximum absolute atomic E-state index is 13.4. The fraction of sp³-hybridized carbons (Fsp3) is 0.312. The van der Waals surface area contributed by atoms with E-state index in [1.54, 1.807) is 6.20 Å². The third-order valence-electron chi connectivity index (χ3n) is 3.54. The van der Waals surface area contributed by atoms with Gasteiger partial charge in [0.05, 0.1) is 12.7 Å². The molecule has 1 atom stereocenters. The van der Waals surface area contributed by atoms with Gasteiger partial charge in [-0.3, -0.25) is 0 Å². The molecule has 1 fully saturated rings. The van der Waals surface area contributed by atoms with Crippen molar-refractivity contribution in [3.8, 4) is 0 Å². The van der Waals surface area contributed by atoms with Crippen molar-refractivity contribution in [2.45, 2.75) is 12.5 Å². The Hall–Kier alpha value is -1.49. The van der Waals surface area contributed by atoms with Gasteiger partial charge in [-0.25, -0.2) is 9.37 Å². The monoisotopic (exact) mass is 306 g/mol. The maximum atomic E-state index is 13.4. The summed E-state index contributed by atoms with van der Waals surface area (Å²) in [7, 11) is 0. The van der Waals surface area contributed by atoms with Crippen molar-refractivity contribution in [2.24, 2.45) is 0 Å². The number of benzene rings is 1. The zero-order chi connectivity index (χ0) is 14.7. The Morgan fingerprint density at radius 1 is 1.29 bits per heavy atom. The first kappa shape index (κ1) is 14.4. The maximum Gasteiger partial charge on any atom is 0.164 e. The Labute approximate surface area is 128 Å². The highest BCUT2D eigenvalue weighted by atomic mass is 35.5. The Bertz CT molecular complexity index is 612. The molecular formula is C16H16ClFN2O. The van der Waals surface area contributed by atoms with Gasteiger partial charge in [-0.05, 0) is 29.2 Å². The van der Waals surface area contributed by atoms with Crippen LogP contribution in [0.2, 0.25) is 5.15 Å². The quantitative estimate of drug-likeness (QED) is 0.885. The molecule has 1 aromatic carbocycles. The summed E-state index contributed by atoms with van der Waals surface area (Å²) in [5, 5.41) is 3.22. The molecule has 21 heavy (non-hydrogen) atoms. The molecular weight excluding hydrogens is 291 g/mol. The van der Waals surface area contributed by atoms with Gasteiger partial charge in [-0.15, -0.1) is 0 Å². The Morgan fingerprint density at radius 2 is 2.10 bits per heavy atom. The van der Waals surface area contributed by atoms with Gasteiger partial charge >= 0.3 is 0 Å². The van der Waals surface area contributed by atoms with Crippen LogP contribution < -0.4 is 5.32 Å². The van der Waals surface area contributed by atoms with Crippen molar-refractivity contribution in [1.82, 2.24) is 10.3 Å². The standard InChI is InChI=1S/C16H16ClFN2O/c17-16-14(18)8-12(9-20-16)7-11-1-3-13(4-2-11)15-10-19-5-6-21-15/h1-4,8-9,15,19H,5-7,10H2/t15-/m1/s1. The molecule has 0 bridgehead atoms. The lowest BCUT2D eigenvalue weighted by Gasteiger charge is -2.24. The van der Waals surface area contributed by atoms with E-state index in [9.17, 15) is 4.39 Å². The summed E-state index contributed by atoms with van der Waals surface area (Å²) in [5.41, 5.74) is 3.07. The van der Waals surface area contributed by atoms with Crippen molar-refractivity contribution in [1.29, 1.82) is 0 Å². The van der Waals surface area contributed by atoms with E-state index in [2.05, 4.69) is 22.4 Å². The van der Waals surface area contributed by atoms with E-state index < -0.39 is 5.82 Å². The van der Waals surface area contributed by atoms with Crippen LogP contribution in [0.25, 0.3) is 0 Å². The number of ether oxygens (including phenoxy) is 1. The number of nitrogens with one attached hydrogen (secondary N) is 1. The molecule has 2 aromatic rings. The third kappa shape index (κ3) is 3.59. The lowest BCUT2D eigenvalue weighted by Crippen LogP contribution is -2.33. The average molecular weight is 307 g/mol. The van der Waals surface area contributed by atoms with Gasteiger partial charge < -0.3 is 10.1 Å². The number of hydrogen-bond acceptors (Lipinski definition) is 3. The summed E-state index contributed by atoms with van der Waals surface area (Å²) in [6, 6.07) is 9.64. The second kappa shape index (κ2) is 6.52. The molecule has 3 rings (SSSR count). The van der Waals surface area contributed by atoms with E-state index in [0.29, 0.717) is 6.42 Å². The Balaban J connectivity index is 1.70. The molecule has 1 saturated heterocycles. The fourth-order valence-electron chi connectivity index (χ4n) is 2.42. The van der Waals surface area contributed by atoms with Crippen LogP contribution in [-0.4, -0.2) is 24.7 Å². The first-order valence-corrected chi connectivity index (χ1v) is 7.31. The second-order valence-electron chi connectivity index (χ2n) is 5.10. The first-order valence-electron chi connectivity index (χ1n) is 6.93. The van der Waals surface area contributed by atoms with Crippen LogP contribution in [0.4, 0.5) is 4.39 Å². The van der Waals surface area contributed by atoms with E-state index in [1.807, 2.05) is 12.1 Å². The Morgan fingerprint density at radius 3 is 2.76 bits per heavy atom. The van der Waals surface area contributed by atoms with Crippen molar-refractivity contribution in [3.63, 3.8) is 0 Å². The molecule has 5 heteroatoms.